The van der Waals surface area contributed by atoms with E-state index in [4.69, 9.17) is 0 Å². The van der Waals surface area contributed by atoms with Crippen LogP contribution in [0.3, 0.4) is 0 Å². The summed E-state index contributed by atoms with van der Waals surface area (Å²) in [5, 5.41) is 7.16. The van der Waals surface area contributed by atoms with Gasteiger partial charge in [-0.25, -0.2) is 9.07 Å². The number of aryl methyl sites for hydroxylation is 1. The SMILES string of the molecule is Cc1cc(=O)c(C(=O)NC2CCSc3ccc(F)cc32)nn1-c1ccccc1. The van der Waals surface area contributed by atoms with Crippen LogP contribution < -0.4 is 10.7 Å². The van der Waals surface area contributed by atoms with E-state index in [1.54, 1.807) is 29.4 Å². The molecule has 0 saturated carbocycles. The van der Waals surface area contributed by atoms with E-state index in [1.165, 1.54) is 18.2 Å². The molecule has 7 heteroatoms. The standard InChI is InChI=1S/C21H18FN3O2S/c1-13-11-18(26)20(24-25(13)15-5-3-2-4-6-15)21(27)23-17-9-10-28-19-8-7-14(22)12-16(17)19/h2-8,11-12,17H,9-10H2,1H3,(H,23,27). The number of para-hydroxylation sites is 1. The molecule has 1 aromatic heterocycles. The maximum Gasteiger partial charge on any atom is 0.276 e. The second-order valence-electron chi connectivity index (χ2n) is 6.59. The third kappa shape index (κ3) is 3.57. The summed E-state index contributed by atoms with van der Waals surface area (Å²) in [6.07, 6.45) is 0.658. The van der Waals surface area contributed by atoms with Crippen LogP contribution in [-0.4, -0.2) is 21.4 Å². The van der Waals surface area contributed by atoms with E-state index in [2.05, 4.69) is 10.4 Å². The van der Waals surface area contributed by atoms with Crippen molar-refractivity contribution in [2.45, 2.75) is 24.3 Å². The molecule has 0 bridgehead atoms. The number of thioether (sulfide) groups is 1. The molecule has 3 aromatic rings. The maximum atomic E-state index is 13.7. The van der Waals surface area contributed by atoms with E-state index in [0.29, 0.717) is 12.1 Å². The molecule has 2 aromatic carbocycles. The zero-order chi connectivity index (χ0) is 19.7. The number of benzene rings is 2. The van der Waals surface area contributed by atoms with Crippen LogP contribution in [0.2, 0.25) is 0 Å². The Hall–Kier alpha value is -2.93. The quantitative estimate of drug-likeness (QED) is 0.735. The highest BCUT2D eigenvalue weighted by molar-refractivity contribution is 7.99. The topological polar surface area (TPSA) is 64.0 Å². The van der Waals surface area contributed by atoms with E-state index in [9.17, 15) is 14.0 Å². The molecule has 1 atom stereocenters. The molecule has 0 saturated heterocycles. The maximum absolute atomic E-state index is 13.7. The number of fused-ring (bicyclic) bond motifs is 1. The number of carbonyl (C=O) groups is 1. The van der Waals surface area contributed by atoms with Crippen LogP contribution >= 0.6 is 11.8 Å². The molecule has 0 aliphatic carbocycles. The molecule has 1 amide bonds. The van der Waals surface area contributed by atoms with Gasteiger partial charge in [-0.3, -0.25) is 9.59 Å². The highest BCUT2D eigenvalue weighted by atomic mass is 32.2. The summed E-state index contributed by atoms with van der Waals surface area (Å²) in [6, 6.07) is 14.9. The molecule has 28 heavy (non-hydrogen) atoms. The van der Waals surface area contributed by atoms with Crippen LogP contribution in [0, 0.1) is 12.7 Å². The summed E-state index contributed by atoms with van der Waals surface area (Å²) < 4.78 is 15.3. The Morgan fingerprint density at radius 1 is 1.21 bits per heavy atom. The van der Waals surface area contributed by atoms with Gasteiger partial charge in [0.2, 0.25) is 5.43 Å². The minimum Gasteiger partial charge on any atom is -0.344 e. The largest absolute Gasteiger partial charge is 0.344 e. The Bertz CT molecular complexity index is 1100. The molecule has 1 N–H and O–H groups in total. The molecule has 2 heterocycles. The smallest absolute Gasteiger partial charge is 0.276 e. The number of aromatic nitrogens is 2. The highest BCUT2D eigenvalue weighted by Gasteiger charge is 2.25. The number of rotatable bonds is 3. The molecule has 0 radical (unpaired) electrons. The van der Waals surface area contributed by atoms with Gasteiger partial charge in [-0.15, -0.1) is 11.8 Å². The Balaban J connectivity index is 1.67. The molecule has 5 nitrogen and oxygen atoms in total. The average Bonchev–Trinajstić information content (AvgIpc) is 2.69. The van der Waals surface area contributed by atoms with Crippen LogP contribution in [0.1, 0.15) is 34.2 Å². The van der Waals surface area contributed by atoms with Crippen molar-refractivity contribution in [3.8, 4) is 5.69 Å². The average molecular weight is 395 g/mol. The van der Waals surface area contributed by atoms with Crippen molar-refractivity contribution in [2.75, 3.05) is 5.75 Å². The van der Waals surface area contributed by atoms with E-state index in [-0.39, 0.29) is 17.6 Å². The fourth-order valence-electron chi connectivity index (χ4n) is 3.28. The van der Waals surface area contributed by atoms with Crippen LogP contribution in [0.15, 0.2) is 64.3 Å². The Morgan fingerprint density at radius 3 is 2.79 bits per heavy atom. The highest BCUT2D eigenvalue weighted by Crippen LogP contribution is 2.36. The third-order valence-electron chi connectivity index (χ3n) is 4.64. The van der Waals surface area contributed by atoms with Gasteiger partial charge in [0.1, 0.15) is 5.82 Å². The predicted molar refractivity (Wildman–Crippen MR) is 107 cm³/mol. The lowest BCUT2D eigenvalue weighted by molar-refractivity contribution is 0.0926. The molecule has 1 aliphatic heterocycles. The molecule has 1 unspecified atom stereocenters. The van der Waals surface area contributed by atoms with Gasteiger partial charge >= 0.3 is 0 Å². The first-order valence-corrected chi connectivity index (χ1v) is 9.91. The van der Waals surface area contributed by atoms with E-state index < -0.39 is 11.3 Å². The zero-order valence-electron chi connectivity index (χ0n) is 15.2. The Labute approximate surface area is 165 Å². The summed E-state index contributed by atoms with van der Waals surface area (Å²) in [4.78, 5) is 26.2. The van der Waals surface area contributed by atoms with Crippen molar-refractivity contribution in [3.63, 3.8) is 0 Å². The molecular weight excluding hydrogens is 377 g/mol. The molecule has 0 fully saturated rings. The summed E-state index contributed by atoms with van der Waals surface area (Å²) in [5.41, 5.74) is 1.52. The van der Waals surface area contributed by atoms with E-state index >= 15 is 0 Å². The van der Waals surface area contributed by atoms with Gasteiger partial charge < -0.3 is 5.32 Å². The Kier molecular flexibility index (Phi) is 5.00. The lowest BCUT2D eigenvalue weighted by Crippen LogP contribution is -2.35. The number of nitrogens with zero attached hydrogens (tertiary/aromatic N) is 2. The molecule has 4 rings (SSSR count). The van der Waals surface area contributed by atoms with Gasteiger partial charge in [-0.2, -0.15) is 5.10 Å². The van der Waals surface area contributed by atoms with Crippen LogP contribution in [0.25, 0.3) is 5.69 Å². The van der Waals surface area contributed by atoms with Gasteiger partial charge in [0.25, 0.3) is 5.91 Å². The minimum atomic E-state index is -0.554. The number of hydrogen-bond acceptors (Lipinski definition) is 4. The summed E-state index contributed by atoms with van der Waals surface area (Å²) in [5.74, 6) is -0.0960. The van der Waals surface area contributed by atoms with E-state index in [0.717, 1.165) is 21.9 Å². The van der Waals surface area contributed by atoms with E-state index in [1.807, 2.05) is 30.3 Å². The normalized spacial score (nSPS) is 15.7. The number of nitrogens with one attached hydrogen (secondary N) is 1. The molecular formula is C21H18FN3O2S. The predicted octanol–water partition coefficient (Wildman–Crippen LogP) is 3.65. The number of hydrogen-bond donors (Lipinski definition) is 1. The van der Waals surface area contributed by atoms with Gasteiger partial charge in [-0.1, -0.05) is 18.2 Å². The van der Waals surface area contributed by atoms with Gasteiger partial charge in [0.05, 0.1) is 11.7 Å². The minimum absolute atomic E-state index is 0.175. The van der Waals surface area contributed by atoms with Gasteiger partial charge in [0.15, 0.2) is 5.69 Å². The third-order valence-corrected chi connectivity index (χ3v) is 5.76. The van der Waals surface area contributed by atoms with Crippen molar-refractivity contribution in [2.24, 2.45) is 0 Å². The monoisotopic (exact) mass is 395 g/mol. The van der Waals surface area contributed by atoms with Crippen molar-refractivity contribution in [3.05, 3.63) is 87.6 Å². The van der Waals surface area contributed by atoms with Crippen molar-refractivity contribution < 1.29 is 9.18 Å². The molecule has 0 spiro atoms. The lowest BCUT2D eigenvalue weighted by Gasteiger charge is -2.25. The number of carbonyl (C=O) groups excluding carboxylic acids is 1. The molecule has 142 valence electrons. The van der Waals surface area contributed by atoms with Crippen LogP contribution in [-0.2, 0) is 0 Å². The van der Waals surface area contributed by atoms with Gasteiger partial charge in [0, 0.05) is 22.4 Å². The first-order valence-electron chi connectivity index (χ1n) is 8.92. The summed E-state index contributed by atoms with van der Waals surface area (Å²) >= 11 is 1.63. The number of halogens is 1. The first kappa shape index (κ1) is 18.4. The first-order chi connectivity index (χ1) is 13.5. The van der Waals surface area contributed by atoms with Crippen molar-refractivity contribution >= 4 is 17.7 Å². The second kappa shape index (κ2) is 7.59. The van der Waals surface area contributed by atoms with Gasteiger partial charge in [-0.05, 0) is 49.2 Å². The second-order valence-corrected chi connectivity index (χ2v) is 7.73. The number of amides is 1. The summed E-state index contributed by atoms with van der Waals surface area (Å²) in [7, 11) is 0. The fraction of sp³-hybridized carbons (Fsp3) is 0.190. The summed E-state index contributed by atoms with van der Waals surface area (Å²) in [6.45, 7) is 1.76. The molecule has 1 aliphatic rings. The van der Waals surface area contributed by atoms with Crippen LogP contribution in [0.5, 0.6) is 0 Å². The fourth-order valence-corrected chi connectivity index (χ4v) is 4.38. The zero-order valence-corrected chi connectivity index (χ0v) is 16.0. The van der Waals surface area contributed by atoms with Crippen molar-refractivity contribution in [1.82, 2.24) is 15.1 Å². The lowest BCUT2D eigenvalue weighted by atomic mass is 10.0. The van der Waals surface area contributed by atoms with Crippen LogP contribution in [0.4, 0.5) is 4.39 Å². The van der Waals surface area contributed by atoms with Crippen molar-refractivity contribution in [1.29, 1.82) is 0 Å². The Morgan fingerprint density at radius 2 is 2.00 bits per heavy atom.